The lowest BCUT2D eigenvalue weighted by Gasteiger charge is -2.28. The van der Waals surface area contributed by atoms with E-state index >= 15 is 0 Å². The van der Waals surface area contributed by atoms with E-state index in [1.54, 1.807) is 24.3 Å². The first-order valence-electron chi connectivity index (χ1n) is 9.83. The summed E-state index contributed by atoms with van der Waals surface area (Å²) in [6.07, 6.45) is 2.86. The molecule has 3 N–H and O–H groups in total. The number of carbonyl (C=O) groups is 1. The van der Waals surface area contributed by atoms with E-state index in [0.29, 0.717) is 11.3 Å². The Bertz CT molecular complexity index is 972. The van der Waals surface area contributed by atoms with Crippen LogP contribution in [0.15, 0.2) is 46.0 Å². The number of phenols is 1. The van der Waals surface area contributed by atoms with Gasteiger partial charge in [0.25, 0.3) is 5.69 Å². The maximum Gasteiger partial charge on any atom is 0.269 e. The number of amides is 1. The van der Waals surface area contributed by atoms with Gasteiger partial charge in [-0.2, -0.15) is 5.10 Å². The number of nitrogens with zero attached hydrogens (tertiary/aromatic N) is 2. The number of carbonyl (C=O) groups excluding carboxylic acids is 1. The van der Waals surface area contributed by atoms with Gasteiger partial charge >= 0.3 is 0 Å². The Kier molecular flexibility index (Phi) is 7.59. The van der Waals surface area contributed by atoms with Crippen molar-refractivity contribution in [3.63, 3.8) is 0 Å². The molecule has 0 radical (unpaired) electrons. The predicted molar refractivity (Wildman–Crippen MR) is 118 cm³/mol. The zero-order valence-corrected chi connectivity index (χ0v) is 18.6. The number of phenolic OH excluding ortho intramolecular Hbond substituents is 1. The van der Waals surface area contributed by atoms with E-state index in [1.807, 2.05) is 0 Å². The molecular formula is C21H24BrN4O5+. The number of piperidine rings is 1. The van der Waals surface area contributed by atoms with Gasteiger partial charge in [0.1, 0.15) is 6.54 Å². The van der Waals surface area contributed by atoms with Crippen molar-refractivity contribution in [2.75, 3.05) is 20.2 Å². The Hall–Kier alpha value is -2.98. The Balaban J connectivity index is 1.48. The number of rotatable bonds is 7. The maximum atomic E-state index is 12.4. The molecule has 10 heteroatoms. The number of halogens is 1. The number of hydrogen-bond donors (Lipinski definition) is 3. The van der Waals surface area contributed by atoms with Crippen LogP contribution < -0.4 is 15.1 Å². The van der Waals surface area contributed by atoms with Crippen molar-refractivity contribution in [3.8, 4) is 11.5 Å². The lowest BCUT2D eigenvalue weighted by molar-refractivity contribution is -0.919. The number of hydrazone groups is 1. The minimum absolute atomic E-state index is 0.0492. The molecule has 0 unspecified atom stereocenters. The number of non-ortho nitro benzene ring substituents is 1. The first-order valence-corrected chi connectivity index (χ1v) is 10.6. The molecule has 1 heterocycles. The number of ether oxygens (including phenoxy) is 1. The molecule has 31 heavy (non-hydrogen) atoms. The number of nitrogens with one attached hydrogen (secondary N) is 2. The van der Waals surface area contributed by atoms with Gasteiger partial charge in [-0.25, -0.2) is 5.43 Å². The lowest BCUT2D eigenvalue weighted by atomic mass is 9.96. The van der Waals surface area contributed by atoms with E-state index in [4.69, 9.17) is 4.74 Å². The van der Waals surface area contributed by atoms with Gasteiger partial charge < -0.3 is 14.7 Å². The second-order valence-corrected chi connectivity index (χ2v) is 8.32. The van der Waals surface area contributed by atoms with Gasteiger partial charge in [0.05, 0.1) is 37.3 Å². The van der Waals surface area contributed by atoms with Gasteiger partial charge in [-0.3, -0.25) is 14.9 Å². The summed E-state index contributed by atoms with van der Waals surface area (Å²) in [6, 6.07) is 9.92. The summed E-state index contributed by atoms with van der Waals surface area (Å²) in [5.74, 6) is -0.00661. The van der Waals surface area contributed by atoms with Crippen LogP contribution in [0.5, 0.6) is 11.5 Å². The molecule has 1 aliphatic rings. The molecule has 1 aliphatic heterocycles. The van der Waals surface area contributed by atoms with E-state index in [-0.39, 0.29) is 23.3 Å². The molecule has 1 fully saturated rings. The van der Waals surface area contributed by atoms with Gasteiger partial charge in [0.2, 0.25) is 5.91 Å². The number of likely N-dealkylation sites (tertiary alicyclic amines) is 1. The monoisotopic (exact) mass is 491 g/mol. The van der Waals surface area contributed by atoms with Crippen molar-refractivity contribution in [2.24, 2.45) is 11.0 Å². The van der Waals surface area contributed by atoms with Crippen LogP contribution in [0, 0.1) is 16.0 Å². The molecule has 0 bridgehead atoms. The minimum Gasteiger partial charge on any atom is -0.504 e. The molecule has 0 atom stereocenters. The summed E-state index contributed by atoms with van der Waals surface area (Å²) in [5.41, 5.74) is 4.11. The fourth-order valence-corrected chi connectivity index (χ4v) is 4.05. The molecule has 0 saturated carbocycles. The van der Waals surface area contributed by atoms with E-state index in [2.05, 4.69) is 26.5 Å². The van der Waals surface area contributed by atoms with E-state index in [1.165, 1.54) is 30.4 Å². The zero-order valence-electron chi connectivity index (χ0n) is 17.0. The fraction of sp³-hybridized carbons (Fsp3) is 0.333. The van der Waals surface area contributed by atoms with Crippen molar-refractivity contribution < 1.29 is 24.5 Å². The van der Waals surface area contributed by atoms with Crippen LogP contribution in [-0.4, -0.2) is 42.4 Å². The van der Waals surface area contributed by atoms with Gasteiger partial charge in [-0.15, -0.1) is 0 Å². The highest BCUT2D eigenvalue weighted by Gasteiger charge is 2.27. The first kappa shape index (κ1) is 22.7. The Morgan fingerprint density at radius 2 is 2.03 bits per heavy atom. The van der Waals surface area contributed by atoms with Crippen LogP contribution in [0.3, 0.4) is 0 Å². The number of nitro benzene ring substituents is 1. The molecule has 1 amide bonds. The number of nitro groups is 1. The van der Waals surface area contributed by atoms with Crippen molar-refractivity contribution >= 4 is 33.7 Å². The van der Waals surface area contributed by atoms with Crippen LogP contribution >= 0.6 is 15.9 Å². The Morgan fingerprint density at radius 3 is 2.65 bits per heavy atom. The number of hydrogen-bond acceptors (Lipinski definition) is 6. The third-order valence-electron chi connectivity index (χ3n) is 5.33. The molecule has 0 spiro atoms. The minimum atomic E-state index is -0.405. The SMILES string of the molecule is COc1cc(Br)cc(/C=N/NC(=O)C2CC[NH+](Cc3ccc([N+](=O)[O-])cc3)CC2)c1O. The summed E-state index contributed by atoms with van der Waals surface area (Å²) in [5, 5.41) is 24.9. The van der Waals surface area contributed by atoms with Crippen LogP contribution in [0.25, 0.3) is 0 Å². The second kappa shape index (κ2) is 10.4. The van der Waals surface area contributed by atoms with Crippen LogP contribution in [0.4, 0.5) is 5.69 Å². The standard InChI is InChI=1S/C21H23BrN4O5/c1-31-19-11-17(22)10-16(20(19)27)12-23-24-21(28)15-6-8-25(9-7-15)13-14-2-4-18(5-3-14)26(29)30/h2-5,10-12,15,27H,6-9,13H2,1H3,(H,24,28)/p+1/b23-12+. The normalized spacial score (nSPS) is 18.6. The molecule has 2 aromatic carbocycles. The van der Waals surface area contributed by atoms with Crippen LogP contribution in [0.2, 0.25) is 0 Å². The maximum absolute atomic E-state index is 12.4. The third-order valence-corrected chi connectivity index (χ3v) is 5.79. The largest absolute Gasteiger partial charge is 0.504 e. The van der Waals surface area contributed by atoms with Crippen molar-refractivity contribution in [1.82, 2.24) is 5.43 Å². The van der Waals surface area contributed by atoms with Crippen molar-refractivity contribution in [1.29, 1.82) is 0 Å². The van der Waals surface area contributed by atoms with Gasteiger partial charge in [-0.1, -0.05) is 15.9 Å². The van der Waals surface area contributed by atoms with Crippen LogP contribution in [-0.2, 0) is 11.3 Å². The highest BCUT2D eigenvalue weighted by atomic mass is 79.9. The number of methoxy groups -OCH3 is 1. The highest BCUT2D eigenvalue weighted by molar-refractivity contribution is 9.10. The van der Waals surface area contributed by atoms with Gasteiger partial charge in [0.15, 0.2) is 11.5 Å². The Labute approximate surface area is 188 Å². The van der Waals surface area contributed by atoms with Gasteiger partial charge in [-0.05, 0) is 24.3 Å². The quantitative estimate of drug-likeness (QED) is 0.311. The summed E-state index contributed by atoms with van der Waals surface area (Å²) in [4.78, 5) is 24.1. The molecule has 2 aromatic rings. The first-order chi connectivity index (χ1) is 14.9. The van der Waals surface area contributed by atoms with Crippen molar-refractivity contribution in [2.45, 2.75) is 19.4 Å². The molecule has 164 valence electrons. The highest BCUT2D eigenvalue weighted by Crippen LogP contribution is 2.32. The van der Waals surface area contributed by atoms with Crippen LogP contribution in [0.1, 0.15) is 24.0 Å². The van der Waals surface area contributed by atoms with E-state index < -0.39 is 4.92 Å². The van der Waals surface area contributed by atoms with E-state index in [0.717, 1.165) is 42.5 Å². The van der Waals surface area contributed by atoms with Crippen molar-refractivity contribution in [3.05, 3.63) is 62.1 Å². The molecule has 0 aliphatic carbocycles. The summed E-state index contributed by atoms with van der Waals surface area (Å²) in [6.45, 7) is 2.44. The number of benzene rings is 2. The average Bonchev–Trinajstić information content (AvgIpc) is 2.76. The molecule has 1 saturated heterocycles. The molecular weight excluding hydrogens is 468 g/mol. The summed E-state index contributed by atoms with van der Waals surface area (Å²) in [7, 11) is 1.46. The number of quaternary nitrogens is 1. The number of aromatic hydroxyl groups is 1. The second-order valence-electron chi connectivity index (χ2n) is 7.40. The van der Waals surface area contributed by atoms with Gasteiger partial charge in [0, 0.05) is 40.6 Å². The Morgan fingerprint density at radius 1 is 1.35 bits per heavy atom. The topological polar surface area (TPSA) is 118 Å². The molecule has 0 aromatic heterocycles. The fourth-order valence-electron chi connectivity index (χ4n) is 3.59. The molecule has 9 nitrogen and oxygen atoms in total. The summed E-state index contributed by atoms with van der Waals surface area (Å²) >= 11 is 3.34. The predicted octanol–water partition coefficient (Wildman–Crippen LogP) is 2.02. The third kappa shape index (κ3) is 6.02. The zero-order chi connectivity index (χ0) is 22.4. The molecule has 3 rings (SSSR count). The lowest BCUT2D eigenvalue weighted by Crippen LogP contribution is -3.11. The average molecular weight is 492 g/mol. The smallest absolute Gasteiger partial charge is 0.269 e. The van der Waals surface area contributed by atoms with E-state index in [9.17, 15) is 20.0 Å². The summed E-state index contributed by atoms with van der Waals surface area (Å²) < 4.78 is 5.82.